The molecule has 1 aliphatic heterocycles. The van der Waals surface area contributed by atoms with Crippen LogP contribution in [0, 0.1) is 10.1 Å². The Morgan fingerprint density at radius 3 is 2.84 bits per heavy atom. The molecule has 1 unspecified atom stereocenters. The van der Waals surface area contributed by atoms with Crippen LogP contribution in [0.5, 0.6) is 0 Å². The smallest absolute Gasteiger partial charge is 0.292 e. The van der Waals surface area contributed by atoms with E-state index in [1.54, 1.807) is 12.1 Å². The third kappa shape index (κ3) is 2.96. The monoisotopic (exact) mass is 264 g/mol. The van der Waals surface area contributed by atoms with E-state index in [4.69, 9.17) is 11.5 Å². The molecular weight excluding hydrogens is 244 g/mol. The van der Waals surface area contributed by atoms with Crippen LogP contribution >= 0.6 is 0 Å². The molecule has 0 aliphatic carbocycles. The summed E-state index contributed by atoms with van der Waals surface area (Å²) < 4.78 is 0. The summed E-state index contributed by atoms with van der Waals surface area (Å²) in [6.45, 7) is 1.62. The van der Waals surface area contributed by atoms with Crippen LogP contribution in [0.4, 0.5) is 17.1 Å². The second-order valence-corrected chi connectivity index (χ2v) is 4.92. The van der Waals surface area contributed by atoms with Gasteiger partial charge < -0.3 is 16.4 Å². The minimum absolute atomic E-state index is 0.0314. The fourth-order valence-corrected chi connectivity index (χ4v) is 2.72. The number of piperidine rings is 1. The highest BCUT2D eigenvalue weighted by Crippen LogP contribution is 2.31. The Kier molecular flexibility index (Phi) is 4.21. The molecule has 1 aromatic rings. The van der Waals surface area contributed by atoms with Gasteiger partial charge in [-0.05, 0) is 44.4 Å². The van der Waals surface area contributed by atoms with E-state index in [2.05, 4.69) is 4.90 Å². The number of nitrogens with two attached hydrogens (primary N) is 2. The zero-order valence-corrected chi connectivity index (χ0v) is 10.9. The van der Waals surface area contributed by atoms with Crippen LogP contribution in [0.2, 0.25) is 0 Å². The number of nitro benzene ring substituents is 1. The molecule has 1 aliphatic rings. The van der Waals surface area contributed by atoms with E-state index in [1.807, 2.05) is 0 Å². The van der Waals surface area contributed by atoms with Crippen molar-refractivity contribution in [2.24, 2.45) is 5.73 Å². The quantitative estimate of drug-likeness (QED) is 0.491. The van der Waals surface area contributed by atoms with Crippen molar-refractivity contribution in [3.05, 3.63) is 28.3 Å². The summed E-state index contributed by atoms with van der Waals surface area (Å²) in [6.07, 6.45) is 4.41. The highest BCUT2D eigenvalue weighted by molar-refractivity contribution is 5.67. The van der Waals surface area contributed by atoms with Crippen molar-refractivity contribution in [3.8, 4) is 0 Å². The first kappa shape index (κ1) is 13.6. The van der Waals surface area contributed by atoms with E-state index >= 15 is 0 Å². The number of benzene rings is 1. The lowest BCUT2D eigenvalue weighted by molar-refractivity contribution is -0.383. The van der Waals surface area contributed by atoms with Gasteiger partial charge in [0.1, 0.15) is 5.69 Å². The Labute approximate surface area is 112 Å². The molecule has 0 radical (unpaired) electrons. The molecule has 4 N–H and O–H groups in total. The summed E-state index contributed by atoms with van der Waals surface area (Å²) in [5, 5.41) is 10.8. The molecule has 0 amide bonds. The summed E-state index contributed by atoms with van der Waals surface area (Å²) in [4.78, 5) is 12.6. The number of hydrogen-bond acceptors (Lipinski definition) is 5. The predicted molar refractivity (Wildman–Crippen MR) is 76.2 cm³/mol. The Morgan fingerprint density at radius 2 is 2.21 bits per heavy atom. The molecule has 19 heavy (non-hydrogen) atoms. The van der Waals surface area contributed by atoms with Crippen molar-refractivity contribution in [1.82, 2.24) is 0 Å². The van der Waals surface area contributed by atoms with Crippen LogP contribution in [0.1, 0.15) is 25.7 Å². The predicted octanol–water partition coefficient (Wildman–Crippen LogP) is 1.88. The maximum atomic E-state index is 10.8. The normalized spacial score (nSPS) is 19.4. The molecule has 6 heteroatoms. The SMILES string of the molecule is NCCC1CCCCN1c1ccc([N+](=O)[O-])c(N)c1. The van der Waals surface area contributed by atoms with Gasteiger partial charge in [0.2, 0.25) is 0 Å². The van der Waals surface area contributed by atoms with Crippen molar-refractivity contribution >= 4 is 17.1 Å². The van der Waals surface area contributed by atoms with E-state index in [1.165, 1.54) is 12.5 Å². The van der Waals surface area contributed by atoms with Gasteiger partial charge in [0.25, 0.3) is 5.69 Å². The Bertz CT molecular complexity index is 462. The van der Waals surface area contributed by atoms with Gasteiger partial charge in [-0.25, -0.2) is 0 Å². The Balaban J connectivity index is 2.24. The molecule has 1 aromatic carbocycles. The molecule has 0 spiro atoms. The number of anilines is 2. The number of hydrogen-bond donors (Lipinski definition) is 2. The molecule has 6 nitrogen and oxygen atoms in total. The van der Waals surface area contributed by atoms with Gasteiger partial charge in [0, 0.05) is 24.3 Å². The standard InChI is InChI=1S/C13H20N4O2/c14-7-6-10-3-1-2-8-16(10)11-4-5-13(17(18)19)12(15)9-11/h4-5,9-10H,1-3,6-8,14-15H2. The van der Waals surface area contributed by atoms with Gasteiger partial charge in [-0.15, -0.1) is 0 Å². The lowest BCUT2D eigenvalue weighted by Gasteiger charge is -2.37. The fraction of sp³-hybridized carbons (Fsp3) is 0.538. The van der Waals surface area contributed by atoms with Crippen molar-refractivity contribution in [2.75, 3.05) is 23.7 Å². The molecule has 0 bridgehead atoms. The molecule has 0 saturated carbocycles. The summed E-state index contributed by atoms with van der Waals surface area (Å²) in [5.41, 5.74) is 12.6. The summed E-state index contributed by atoms with van der Waals surface area (Å²) in [6, 6.07) is 5.38. The number of nitrogen functional groups attached to an aromatic ring is 1. The average molecular weight is 264 g/mol. The zero-order valence-electron chi connectivity index (χ0n) is 10.9. The van der Waals surface area contributed by atoms with Crippen molar-refractivity contribution < 1.29 is 4.92 Å². The summed E-state index contributed by atoms with van der Waals surface area (Å²) in [7, 11) is 0. The second-order valence-electron chi connectivity index (χ2n) is 4.92. The Hall–Kier alpha value is -1.82. The van der Waals surface area contributed by atoms with Crippen LogP contribution in [0.3, 0.4) is 0 Å². The lowest BCUT2D eigenvalue weighted by Crippen LogP contribution is -2.40. The number of rotatable bonds is 4. The van der Waals surface area contributed by atoms with Crippen LogP contribution < -0.4 is 16.4 Å². The molecule has 1 atom stereocenters. The van der Waals surface area contributed by atoms with Crippen LogP contribution in [-0.2, 0) is 0 Å². The third-order valence-corrected chi connectivity index (χ3v) is 3.67. The van der Waals surface area contributed by atoms with Gasteiger partial charge in [0.15, 0.2) is 0 Å². The van der Waals surface area contributed by atoms with Gasteiger partial charge in [0.05, 0.1) is 4.92 Å². The molecule has 0 aromatic heterocycles. The van der Waals surface area contributed by atoms with E-state index < -0.39 is 4.92 Å². The van der Waals surface area contributed by atoms with Gasteiger partial charge in [-0.2, -0.15) is 0 Å². The lowest BCUT2D eigenvalue weighted by atomic mass is 9.98. The van der Waals surface area contributed by atoms with Crippen molar-refractivity contribution in [2.45, 2.75) is 31.7 Å². The Morgan fingerprint density at radius 1 is 1.42 bits per heavy atom. The van der Waals surface area contributed by atoms with Crippen LogP contribution in [0.25, 0.3) is 0 Å². The van der Waals surface area contributed by atoms with Gasteiger partial charge in [-0.3, -0.25) is 10.1 Å². The molecule has 104 valence electrons. The molecule has 2 rings (SSSR count). The number of nitrogens with zero attached hydrogens (tertiary/aromatic N) is 2. The van der Waals surface area contributed by atoms with Crippen molar-refractivity contribution in [1.29, 1.82) is 0 Å². The molecular formula is C13H20N4O2. The van der Waals surface area contributed by atoms with E-state index in [0.717, 1.165) is 31.5 Å². The van der Waals surface area contributed by atoms with E-state index in [0.29, 0.717) is 12.6 Å². The van der Waals surface area contributed by atoms with Gasteiger partial charge in [-0.1, -0.05) is 0 Å². The highest BCUT2D eigenvalue weighted by Gasteiger charge is 2.23. The molecule has 1 saturated heterocycles. The minimum Gasteiger partial charge on any atom is -0.393 e. The molecule has 1 heterocycles. The van der Waals surface area contributed by atoms with Gasteiger partial charge >= 0.3 is 0 Å². The zero-order chi connectivity index (χ0) is 13.8. The highest BCUT2D eigenvalue weighted by atomic mass is 16.6. The number of nitro groups is 1. The van der Waals surface area contributed by atoms with E-state index in [-0.39, 0.29) is 11.4 Å². The summed E-state index contributed by atoms with van der Waals surface area (Å²) in [5.74, 6) is 0. The first-order valence-electron chi connectivity index (χ1n) is 6.64. The summed E-state index contributed by atoms with van der Waals surface area (Å²) >= 11 is 0. The molecule has 1 fully saturated rings. The van der Waals surface area contributed by atoms with Crippen molar-refractivity contribution in [3.63, 3.8) is 0 Å². The second kappa shape index (κ2) is 5.88. The topological polar surface area (TPSA) is 98.4 Å². The largest absolute Gasteiger partial charge is 0.393 e. The first-order chi connectivity index (χ1) is 9.13. The van der Waals surface area contributed by atoms with Crippen LogP contribution in [0.15, 0.2) is 18.2 Å². The minimum atomic E-state index is -0.452. The maximum absolute atomic E-state index is 10.8. The van der Waals surface area contributed by atoms with Crippen LogP contribution in [-0.4, -0.2) is 24.1 Å². The van der Waals surface area contributed by atoms with E-state index in [9.17, 15) is 10.1 Å². The fourth-order valence-electron chi connectivity index (χ4n) is 2.72. The average Bonchev–Trinajstić information content (AvgIpc) is 2.39. The third-order valence-electron chi connectivity index (χ3n) is 3.67. The maximum Gasteiger partial charge on any atom is 0.292 e. The first-order valence-corrected chi connectivity index (χ1v) is 6.64.